The molecule has 0 aliphatic carbocycles. The molecule has 0 radical (unpaired) electrons. The molecule has 1 aromatic carbocycles. The maximum atomic E-state index is 12.1. The molecule has 0 aromatic heterocycles. The van der Waals surface area contributed by atoms with Gasteiger partial charge in [0.2, 0.25) is 0 Å². The predicted octanol–water partition coefficient (Wildman–Crippen LogP) is 3.37. The van der Waals surface area contributed by atoms with Crippen LogP contribution in [0.5, 0.6) is 0 Å². The van der Waals surface area contributed by atoms with E-state index in [9.17, 15) is 14.7 Å². The third-order valence-electron chi connectivity index (χ3n) is 4.26. The van der Waals surface area contributed by atoms with Crippen molar-refractivity contribution in [3.63, 3.8) is 0 Å². The standard InChI is InChI=1S/C18H24ClNO4S/c1-11(2)9-18(15(21)22)14(25-18)20-16(23)24-10-17(3,4)12-6-5-7-13(19)8-12/h5-8,11,14H,9-10H2,1-4H3,(H,20,23)(H,21,22)/p+1/t14?,18-/m1/s1. The van der Waals surface area contributed by atoms with E-state index < -0.39 is 27.6 Å². The van der Waals surface area contributed by atoms with Crippen LogP contribution in [0.15, 0.2) is 24.3 Å². The van der Waals surface area contributed by atoms with Gasteiger partial charge in [0.25, 0.3) is 10.1 Å². The summed E-state index contributed by atoms with van der Waals surface area (Å²) < 4.78 is 4.46. The molecule has 1 aromatic rings. The number of carboxylic acids is 1. The van der Waals surface area contributed by atoms with Crippen LogP contribution in [-0.2, 0) is 26.7 Å². The van der Waals surface area contributed by atoms with E-state index in [1.807, 2.05) is 45.9 Å². The molecule has 1 aliphatic rings. The second-order valence-corrected chi connectivity index (χ2v) is 9.48. The van der Waals surface area contributed by atoms with Crippen molar-refractivity contribution in [2.45, 2.75) is 49.7 Å². The Labute approximate surface area is 157 Å². The maximum absolute atomic E-state index is 12.1. The van der Waals surface area contributed by atoms with E-state index in [-0.39, 0.29) is 12.5 Å². The predicted molar refractivity (Wildman–Crippen MR) is 101 cm³/mol. The van der Waals surface area contributed by atoms with Gasteiger partial charge in [-0.25, -0.2) is 9.59 Å². The van der Waals surface area contributed by atoms with Gasteiger partial charge in [0.15, 0.2) is 0 Å². The number of benzene rings is 1. The van der Waals surface area contributed by atoms with Crippen LogP contribution in [0.4, 0.5) is 4.79 Å². The first-order valence-corrected chi connectivity index (χ1v) is 9.56. The fourth-order valence-electron chi connectivity index (χ4n) is 2.78. The summed E-state index contributed by atoms with van der Waals surface area (Å²) >= 11 is 6.73. The van der Waals surface area contributed by atoms with Crippen LogP contribution >= 0.6 is 11.6 Å². The molecule has 25 heavy (non-hydrogen) atoms. The molecule has 1 heterocycles. The van der Waals surface area contributed by atoms with Crippen LogP contribution in [0.25, 0.3) is 0 Å². The first-order valence-electron chi connectivity index (χ1n) is 8.21. The Morgan fingerprint density at radius 1 is 1.44 bits per heavy atom. The van der Waals surface area contributed by atoms with Crippen LogP contribution in [0.1, 0.15) is 39.7 Å². The van der Waals surface area contributed by atoms with Crippen molar-refractivity contribution in [3.8, 4) is 0 Å². The molecular formula is C18H25ClNO4S+. The zero-order valence-corrected chi connectivity index (χ0v) is 16.5. The van der Waals surface area contributed by atoms with Gasteiger partial charge in [-0.3, -0.25) is 5.32 Å². The highest BCUT2D eigenvalue weighted by Crippen LogP contribution is 2.41. The lowest BCUT2D eigenvalue weighted by Gasteiger charge is -2.24. The molecule has 0 spiro atoms. The number of carbonyl (C=O) groups is 2. The van der Waals surface area contributed by atoms with Crippen molar-refractivity contribution in [1.29, 1.82) is 0 Å². The first kappa shape index (κ1) is 19.9. The number of hydrogen-bond acceptors (Lipinski definition) is 3. The minimum absolute atomic E-state index is 0.174. The molecule has 1 saturated heterocycles. The lowest BCUT2D eigenvalue weighted by molar-refractivity contribution is -0.139. The van der Waals surface area contributed by atoms with E-state index in [4.69, 9.17) is 16.3 Å². The van der Waals surface area contributed by atoms with Crippen molar-refractivity contribution in [2.75, 3.05) is 6.61 Å². The highest BCUT2D eigenvalue weighted by atomic mass is 35.5. The number of carbonyl (C=O) groups excluding carboxylic acids is 1. The van der Waals surface area contributed by atoms with E-state index in [1.165, 1.54) is 0 Å². The first-order chi connectivity index (χ1) is 11.6. The van der Waals surface area contributed by atoms with Crippen LogP contribution in [0.3, 0.4) is 0 Å². The van der Waals surface area contributed by atoms with Crippen molar-refractivity contribution >= 4 is 35.4 Å². The largest absolute Gasteiger partial charge is 0.477 e. The lowest BCUT2D eigenvalue weighted by Crippen LogP contribution is -2.39. The highest BCUT2D eigenvalue weighted by Gasteiger charge is 2.74. The van der Waals surface area contributed by atoms with E-state index >= 15 is 0 Å². The lowest BCUT2D eigenvalue weighted by atomic mass is 9.86. The van der Waals surface area contributed by atoms with Gasteiger partial charge >= 0.3 is 12.1 Å². The minimum atomic E-state index is -0.879. The molecule has 1 fully saturated rings. The summed E-state index contributed by atoms with van der Waals surface area (Å²) in [4.78, 5) is 23.6. The van der Waals surface area contributed by atoms with Gasteiger partial charge in [-0.15, -0.1) is 0 Å². The van der Waals surface area contributed by atoms with Gasteiger partial charge in [0.1, 0.15) is 6.61 Å². The number of hydrogen-bond donors (Lipinski definition) is 2. The second-order valence-electron chi connectivity index (χ2n) is 7.47. The van der Waals surface area contributed by atoms with Crippen LogP contribution in [-0.4, -0.2) is 33.9 Å². The molecule has 138 valence electrons. The second kappa shape index (κ2) is 7.46. The Morgan fingerprint density at radius 3 is 2.68 bits per heavy atom. The van der Waals surface area contributed by atoms with Crippen LogP contribution < -0.4 is 5.32 Å². The summed E-state index contributed by atoms with van der Waals surface area (Å²) in [5.74, 6) is -0.624. The number of alkyl carbamates (subject to hydrolysis) is 1. The molecule has 5 nitrogen and oxygen atoms in total. The Hall–Kier alpha value is -1.40. The van der Waals surface area contributed by atoms with E-state index in [1.54, 1.807) is 6.07 Å². The van der Waals surface area contributed by atoms with Gasteiger partial charge in [0, 0.05) is 28.6 Å². The van der Waals surface area contributed by atoms with Crippen molar-refractivity contribution < 1.29 is 19.4 Å². The highest BCUT2D eigenvalue weighted by molar-refractivity contribution is 7.89. The summed E-state index contributed by atoms with van der Waals surface area (Å²) in [6.07, 6.45) is -0.0532. The molecule has 1 aliphatic heterocycles. The minimum Gasteiger partial charge on any atom is -0.477 e. The summed E-state index contributed by atoms with van der Waals surface area (Å²) in [5, 5.41) is 12.4. The molecular weight excluding hydrogens is 362 g/mol. The Balaban J connectivity index is 1.90. The summed E-state index contributed by atoms with van der Waals surface area (Å²) in [7, 11) is 0. The molecule has 7 heteroatoms. The average molecular weight is 387 g/mol. The average Bonchev–Trinajstić information content (AvgIpc) is 3.18. The number of carboxylic acid groups (broad SMARTS) is 1. The van der Waals surface area contributed by atoms with Gasteiger partial charge in [-0.1, -0.05) is 51.4 Å². The number of nitrogens with one attached hydrogen (secondary N) is 1. The molecule has 0 bridgehead atoms. The third-order valence-corrected chi connectivity index (χ3v) is 6.14. The van der Waals surface area contributed by atoms with Crippen molar-refractivity contribution in [1.82, 2.24) is 5.32 Å². The van der Waals surface area contributed by atoms with Gasteiger partial charge in [0.05, 0.1) is 0 Å². The van der Waals surface area contributed by atoms with Gasteiger partial charge in [-0.05, 0) is 23.6 Å². The Kier molecular flexibility index (Phi) is 5.94. The number of halogens is 1. The summed E-state index contributed by atoms with van der Waals surface area (Å²) in [6.45, 7) is 8.04. The molecule has 1 unspecified atom stereocenters. The normalized spacial score (nSPS) is 22.6. The molecule has 2 rings (SSSR count). The SMILES string of the molecule is CC(C)C[C@@]1(C(=O)O)[SH+]C1NC(=O)OCC(C)(C)c1cccc(Cl)c1. The van der Waals surface area contributed by atoms with Crippen molar-refractivity contribution in [2.24, 2.45) is 5.92 Å². The number of rotatable bonds is 7. The monoisotopic (exact) mass is 386 g/mol. The van der Waals surface area contributed by atoms with E-state index in [2.05, 4.69) is 5.32 Å². The smallest absolute Gasteiger partial charge is 0.411 e. The Morgan fingerprint density at radius 2 is 2.12 bits per heavy atom. The van der Waals surface area contributed by atoms with Crippen molar-refractivity contribution in [3.05, 3.63) is 34.9 Å². The van der Waals surface area contributed by atoms with E-state index in [0.29, 0.717) is 11.4 Å². The van der Waals surface area contributed by atoms with Gasteiger partial charge in [-0.2, -0.15) is 0 Å². The topological polar surface area (TPSA) is 75.6 Å². The summed E-state index contributed by atoms with van der Waals surface area (Å²) in [6, 6.07) is 7.43. The molecule has 1 amide bonds. The molecule has 0 saturated carbocycles. The zero-order chi connectivity index (χ0) is 18.8. The van der Waals surface area contributed by atoms with E-state index in [0.717, 1.165) is 17.3 Å². The number of amides is 1. The summed E-state index contributed by atoms with van der Waals surface area (Å²) in [5.41, 5.74) is 0.572. The third kappa shape index (κ3) is 4.82. The zero-order valence-electron chi connectivity index (χ0n) is 14.9. The fraction of sp³-hybridized carbons (Fsp3) is 0.556. The number of aliphatic carboxylic acids is 1. The fourth-order valence-corrected chi connectivity index (χ4v) is 4.39. The number of ether oxygens (including phenoxy) is 1. The van der Waals surface area contributed by atoms with Gasteiger partial charge < -0.3 is 9.84 Å². The Bertz CT molecular complexity index is 664. The molecule has 2 N–H and O–H groups in total. The molecule has 2 atom stereocenters. The maximum Gasteiger partial charge on any atom is 0.411 e. The quantitative estimate of drug-likeness (QED) is 0.428. The number of thiol groups is 1. The van der Waals surface area contributed by atoms with Crippen LogP contribution in [0, 0.1) is 5.92 Å². The van der Waals surface area contributed by atoms with Crippen LogP contribution in [0.2, 0.25) is 5.02 Å².